The molecule has 0 unspecified atom stereocenters. The largest absolute Gasteiger partial charge is 0.339 e. The summed E-state index contributed by atoms with van der Waals surface area (Å²) >= 11 is 1.61. The number of carbonyl (C=O) groups excluding carboxylic acids is 1. The van der Waals surface area contributed by atoms with Crippen LogP contribution in [0.1, 0.15) is 18.7 Å². The monoisotopic (exact) mass is 472 g/mol. The van der Waals surface area contributed by atoms with Gasteiger partial charge in [-0.25, -0.2) is 8.42 Å². The van der Waals surface area contributed by atoms with Crippen LogP contribution in [0.3, 0.4) is 0 Å². The Morgan fingerprint density at radius 3 is 2.59 bits per heavy atom. The average Bonchev–Trinajstić information content (AvgIpc) is 3.25. The lowest BCUT2D eigenvalue weighted by molar-refractivity contribution is -0.120. The molecular weight excluding hydrogens is 448 g/mol. The fourth-order valence-corrected chi connectivity index (χ4v) is 5.64. The number of sulfonamides is 1. The minimum atomic E-state index is -3.69. The molecule has 4 rings (SSSR count). The number of thioether (sulfide) groups is 1. The van der Waals surface area contributed by atoms with Crippen LogP contribution in [0.2, 0.25) is 0 Å². The highest BCUT2D eigenvalue weighted by atomic mass is 32.2. The number of piperidine rings is 1. The molecule has 1 aromatic heterocycles. The Balaban J connectivity index is 1.41. The molecule has 10 heteroatoms. The van der Waals surface area contributed by atoms with Crippen LogP contribution in [-0.2, 0) is 14.8 Å². The highest BCUT2D eigenvalue weighted by molar-refractivity contribution is 7.98. The Morgan fingerprint density at radius 2 is 1.91 bits per heavy atom. The van der Waals surface area contributed by atoms with Crippen molar-refractivity contribution in [1.82, 2.24) is 14.4 Å². The molecule has 1 amide bonds. The number of aromatic nitrogens is 2. The lowest BCUT2D eigenvalue weighted by Gasteiger charge is -2.30. The molecule has 0 radical (unpaired) electrons. The molecule has 0 aliphatic carbocycles. The number of nitrogens with zero attached hydrogens (tertiary/aromatic N) is 3. The van der Waals surface area contributed by atoms with Crippen molar-refractivity contribution in [2.24, 2.45) is 5.92 Å². The van der Waals surface area contributed by atoms with E-state index in [9.17, 15) is 13.2 Å². The van der Waals surface area contributed by atoms with Crippen LogP contribution in [0.25, 0.3) is 11.4 Å². The van der Waals surface area contributed by atoms with Crippen LogP contribution in [0, 0.1) is 12.8 Å². The molecule has 0 atom stereocenters. The van der Waals surface area contributed by atoms with Crippen molar-refractivity contribution in [2.45, 2.75) is 29.6 Å². The fourth-order valence-electron chi connectivity index (χ4n) is 3.66. The topological polar surface area (TPSA) is 105 Å². The zero-order valence-electron chi connectivity index (χ0n) is 17.8. The van der Waals surface area contributed by atoms with E-state index in [4.69, 9.17) is 4.52 Å². The minimum absolute atomic E-state index is 0.0743. The molecule has 0 bridgehead atoms. The molecule has 1 aliphatic heterocycles. The summed E-state index contributed by atoms with van der Waals surface area (Å²) < 4.78 is 32.8. The van der Waals surface area contributed by atoms with E-state index in [2.05, 4.69) is 15.5 Å². The summed E-state index contributed by atoms with van der Waals surface area (Å²) in [6, 6.07) is 14.2. The number of hydrogen-bond donors (Lipinski definition) is 1. The number of hydrogen-bond acceptors (Lipinski definition) is 7. The Kier molecular flexibility index (Phi) is 6.63. The second kappa shape index (κ2) is 9.43. The maximum absolute atomic E-state index is 13.2. The van der Waals surface area contributed by atoms with Crippen molar-refractivity contribution < 1.29 is 17.7 Å². The van der Waals surface area contributed by atoms with E-state index in [-0.39, 0.29) is 29.8 Å². The molecule has 2 heterocycles. The molecule has 3 aromatic rings. The second-order valence-electron chi connectivity index (χ2n) is 7.56. The van der Waals surface area contributed by atoms with Gasteiger partial charge in [-0.1, -0.05) is 23.4 Å². The first-order valence-electron chi connectivity index (χ1n) is 10.2. The molecule has 32 heavy (non-hydrogen) atoms. The number of carbonyl (C=O) groups is 1. The van der Waals surface area contributed by atoms with Gasteiger partial charge in [0, 0.05) is 42.1 Å². The van der Waals surface area contributed by atoms with Gasteiger partial charge in [0.1, 0.15) is 0 Å². The molecule has 0 spiro atoms. The fraction of sp³-hybridized carbons (Fsp3) is 0.318. The molecule has 0 saturated carbocycles. The number of rotatable bonds is 6. The van der Waals surface area contributed by atoms with Gasteiger partial charge in [0.25, 0.3) is 0 Å². The van der Waals surface area contributed by atoms with Crippen molar-refractivity contribution in [2.75, 3.05) is 24.7 Å². The van der Waals surface area contributed by atoms with Crippen molar-refractivity contribution in [1.29, 1.82) is 0 Å². The van der Waals surface area contributed by atoms with E-state index in [1.807, 2.05) is 30.5 Å². The van der Waals surface area contributed by atoms with Gasteiger partial charge < -0.3 is 9.84 Å². The molecule has 1 N–H and O–H groups in total. The highest BCUT2D eigenvalue weighted by Crippen LogP contribution is 2.27. The number of amides is 1. The van der Waals surface area contributed by atoms with Crippen LogP contribution in [0.15, 0.2) is 62.8 Å². The maximum Gasteiger partial charge on any atom is 0.243 e. The standard InChI is InChI=1S/C22H24N4O4S2/c1-15-23-21(25-30-15)17-5-3-8-20(13-17)32(28,29)26-11-9-16(10-12-26)22(27)24-18-6-4-7-19(14-18)31-2/h3-8,13-14,16H,9-12H2,1-2H3,(H,24,27). The van der Waals surface area contributed by atoms with Crippen LogP contribution >= 0.6 is 11.8 Å². The van der Waals surface area contributed by atoms with Gasteiger partial charge in [-0.05, 0) is 49.4 Å². The molecule has 2 aromatic carbocycles. The zero-order chi connectivity index (χ0) is 22.7. The van der Waals surface area contributed by atoms with E-state index in [1.165, 1.54) is 4.31 Å². The van der Waals surface area contributed by atoms with Gasteiger partial charge >= 0.3 is 0 Å². The molecule has 1 fully saturated rings. The van der Waals surface area contributed by atoms with Crippen molar-refractivity contribution in [3.8, 4) is 11.4 Å². The first kappa shape index (κ1) is 22.5. The summed E-state index contributed by atoms with van der Waals surface area (Å²) in [5.41, 5.74) is 1.33. The number of anilines is 1. The first-order chi connectivity index (χ1) is 15.4. The summed E-state index contributed by atoms with van der Waals surface area (Å²) in [7, 11) is -3.69. The van der Waals surface area contributed by atoms with E-state index in [1.54, 1.807) is 43.0 Å². The van der Waals surface area contributed by atoms with E-state index in [0.717, 1.165) is 10.6 Å². The molecule has 1 aliphatic rings. The Morgan fingerprint density at radius 1 is 1.16 bits per heavy atom. The van der Waals surface area contributed by atoms with Crippen LogP contribution in [0.4, 0.5) is 5.69 Å². The van der Waals surface area contributed by atoms with Gasteiger partial charge in [-0.15, -0.1) is 11.8 Å². The lowest BCUT2D eigenvalue weighted by atomic mass is 9.97. The SMILES string of the molecule is CSc1cccc(NC(=O)C2CCN(S(=O)(=O)c3cccc(-c4noc(C)n4)c3)CC2)c1. The Labute approximate surface area is 191 Å². The van der Waals surface area contributed by atoms with Crippen LogP contribution in [0.5, 0.6) is 0 Å². The van der Waals surface area contributed by atoms with Crippen molar-refractivity contribution in [3.63, 3.8) is 0 Å². The summed E-state index contributed by atoms with van der Waals surface area (Å²) in [4.78, 5) is 18.1. The van der Waals surface area contributed by atoms with E-state index < -0.39 is 10.0 Å². The predicted molar refractivity (Wildman–Crippen MR) is 123 cm³/mol. The number of aryl methyl sites for hydroxylation is 1. The van der Waals surface area contributed by atoms with Gasteiger partial charge in [0.15, 0.2) is 0 Å². The first-order valence-corrected chi connectivity index (χ1v) is 12.9. The van der Waals surface area contributed by atoms with Gasteiger partial charge in [-0.3, -0.25) is 4.79 Å². The van der Waals surface area contributed by atoms with Gasteiger partial charge in [-0.2, -0.15) is 9.29 Å². The smallest absolute Gasteiger partial charge is 0.243 e. The maximum atomic E-state index is 13.2. The normalized spacial score (nSPS) is 15.6. The highest BCUT2D eigenvalue weighted by Gasteiger charge is 2.32. The minimum Gasteiger partial charge on any atom is -0.339 e. The van der Waals surface area contributed by atoms with Crippen LogP contribution < -0.4 is 5.32 Å². The molecule has 8 nitrogen and oxygen atoms in total. The predicted octanol–water partition coefficient (Wildman–Crippen LogP) is 3.81. The molecule has 1 saturated heterocycles. The summed E-state index contributed by atoms with van der Waals surface area (Å²) in [6.45, 7) is 2.25. The summed E-state index contributed by atoms with van der Waals surface area (Å²) in [5, 5.41) is 6.81. The number of benzene rings is 2. The molecular formula is C22H24N4O4S2. The Hall–Kier alpha value is -2.69. The summed E-state index contributed by atoms with van der Waals surface area (Å²) in [6.07, 6.45) is 2.92. The zero-order valence-corrected chi connectivity index (χ0v) is 19.4. The van der Waals surface area contributed by atoms with E-state index in [0.29, 0.717) is 30.1 Å². The third-order valence-corrected chi connectivity index (χ3v) is 8.04. The third-order valence-electron chi connectivity index (χ3n) is 5.42. The average molecular weight is 473 g/mol. The molecule has 168 valence electrons. The quantitative estimate of drug-likeness (QED) is 0.544. The third kappa shape index (κ3) is 4.87. The Bertz CT molecular complexity index is 1220. The summed E-state index contributed by atoms with van der Waals surface area (Å²) in [5.74, 6) is 0.456. The van der Waals surface area contributed by atoms with Crippen molar-refractivity contribution >= 4 is 33.4 Å². The second-order valence-corrected chi connectivity index (χ2v) is 10.4. The van der Waals surface area contributed by atoms with Gasteiger partial charge in [0.2, 0.25) is 27.6 Å². The van der Waals surface area contributed by atoms with E-state index >= 15 is 0 Å². The number of nitrogens with one attached hydrogen (secondary N) is 1. The lowest BCUT2D eigenvalue weighted by Crippen LogP contribution is -2.41. The van der Waals surface area contributed by atoms with Crippen LogP contribution in [-0.4, -0.2) is 48.1 Å². The van der Waals surface area contributed by atoms with Gasteiger partial charge in [0.05, 0.1) is 4.90 Å². The van der Waals surface area contributed by atoms with Crippen molar-refractivity contribution in [3.05, 3.63) is 54.4 Å².